The van der Waals surface area contributed by atoms with Crippen LogP contribution in [0.25, 0.3) is 0 Å². The standard InChI is InChI=1S/C7H8Cl4N4O/c8-1-5(16)14-6(7(10,11)2-9)15-3-12-13-4-15/h3-4,6H,1-2H2,(H,14,16). The van der Waals surface area contributed by atoms with Gasteiger partial charge in [0.15, 0.2) is 4.33 Å². The largest absolute Gasteiger partial charge is 0.332 e. The molecule has 1 rings (SSSR count). The molecule has 1 heterocycles. The van der Waals surface area contributed by atoms with Gasteiger partial charge in [0.25, 0.3) is 0 Å². The van der Waals surface area contributed by atoms with Gasteiger partial charge >= 0.3 is 0 Å². The number of carbonyl (C=O) groups is 1. The Bertz CT molecular complexity index is 342. The van der Waals surface area contributed by atoms with E-state index in [1.165, 1.54) is 17.2 Å². The summed E-state index contributed by atoms with van der Waals surface area (Å²) in [4.78, 5) is 11.2. The normalized spacial score (nSPS) is 13.5. The zero-order chi connectivity index (χ0) is 12.2. The fourth-order valence-electron chi connectivity index (χ4n) is 1.00. The van der Waals surface area contributed by atoms with Crippen LogP contribution in [0.2, 0.25) is 0 Å². The van der Waals surface area contributed by atoms with E-state index in [-0.39, 0.29) is 11.8 Å². The summed E-state index contributed by atoms with van der Waals surface area (Å²) in [6.45, 7) is 0. The van der Waals surface area contributed by atoms with Gasteiger partial charge in [-0.25, -0.2) is 0 Å². The average Bonchev–Trinajstić information content (AvgIpc) is 2.78. The molecule has 1 N–H and O–H groups in total. The van der Waals surface area contributed by atoms with Crippen LogP contribution >= 0.6 is 46.4 Å². The summed E-state index contributed by atoms with van der Waals surface area (Å²) in [5.41, 5.74) is 0. The van der Waals surface area contributed by atoms with E-state index in [1.807, 2.05) is 0 Å². The van der Waals surface area contributed by atoms with E-state index in [0.29, 0.717) is 0 Å². The highest BCUT2D eigenvalue weighted by Crippen LogP contribution is 2.33. The van der Waals surface area contributed by atoms with Gasteiger partial charge in [0, 0.05) is 0 Å². The molecule has 1 aromatic rings. The van der Waals surface area contributed by atoms with Gasteiger partial charge in [-0.1, -0.05) is 23.2 Å². The maximum Gasteiger partial charge on any atom is 0.236 e. The van der Waals surface area contributed by atoms with Crippen molar-refractivity contribution in [2.24, 2.45) is 0 Å². The van der Waals surface area contributed by atoms with E-state index < -0.39 is 16.4 Å². The number of carbonyl (C=O) groups excluding carboxylic acids is 1. The predicted octanol–water partition coefficient (Wildman–Crippen LogP) is 1.54. The van der Waals surface area contributed by atoms with Gasteiger partial charge in [-0.05, 0) is 0 Å². The summed E-state index contributed by atoms with van der Waals surface area (Å²) in [6.07, 6.45) is 1.95. The summed E-state index contributed by atoms with van der Waals surface area (Å²) in [5, 5.41) is 9.71. The van der Waals surface area contributed by atoms with Crippen molar-refractivity contribution in [2.45, 2.75) is 10.5 Å². The van der Waals surface area contributed by atoms with Crippen LogP contribution in [0.4, 0.5) is 0 Å². The lowest BCUT2D eigenvalue weighted by Crippen LogP contribution is -2.44. The predicted molar refractivity (Wildman–Crippen MR) is 63.1 cm³/mol. The van der Waals surface area contributed by atoms with Crippen molar-refractivity contribution in [1.82, 2.24) is 20.1 Å². The lowest BCUT2D eigenvalue weighted by molar-refractivity contribution is -0.120. The monoisotopic (exact) mass is 304 g/mol. The molecule has 1 amide bonds. The first-order valence-electron chi connectivity index (χ1n) is 4.14. The molecule has 9 heteroatoms. The second-order valence-electron chi connectivity index (χ2n) is 2.91. The van der Waals surface area contributed by atoms with E-state index >= 15 is 0 Å². The van der Waals surface area contributed by atoms with Crippen molar-refractivity contribution in [2.75, 3.05) is 11.8 Å². The molecule has 1 aromatic heterocycles. The smallest absolute Gasteiger partial charge is 0.236 e. The minimum absolute atomic E-state index is 0.0818. The Morgan fingerprint density at radius 3 is 2.38 bits per heavy atom. The Labute approximate surface area is 112 Å². The van der Waals surface area contributed by atoms with Crippen LogP contribution in [-0.4, -0.2) is 36.8 Å². The summed E-state index contributed by atoms with van der Waals surface area (Å²) in [5.74, 6) is -0.706. The van der Waals surface area contributed by atoms with Crippen LogP contribution in [0.3, 0.4) is 0 Å². The summed E-state index contributed by atoms with van der Waals surface area (Å²) >= 11 is 23.0. The highest BCUT2D eigenvalue weighted by molar-refractivity contribution is 6.51. The zero-order valence-corrected chi connectivity index (χ0v) is 10.9. The van der Waals surface area contributed by atoms with Gasteiger partial charge in [-0.15, -0.1) is 33.4 Å². The minimum atomic E-state index is -1.38. The summed E-state index contributed by atoms with van der Waals surface area (Å²) in [6, 6.07) is 0. The molecule has 0 aliphatic carbocycles. The van der Waals surface area contributed by atoms with Crippen molar-refractivity contribution in [1.29, 1.82) is 0 Å². The Kier molecular flexibility index (Phi) is 5.11. The Hall–Kier alpha value is -0.230. The highest BCUT2D eigenvalue weighted by Gasteiger charge is 2.36. The fraction of sp³-hybridized carbons (Fsp3) is 0.571. The molecule has 90 valence electrons. The quantitative estimate of drug-likeness (QED) is 0.840. The van der Waals surface area contributed by atoms with Crippen LogP contribution in [0.15, 0.2) is 12.7 Å². The number of alkyl halides is 4. The molecular formula is C7H8Cl4N4O. The molecule has 0 aromatic carbocycles. The second kappa shape index (κ2) is 5.91. The molecule has 0 fully saturated rings. The van der Waals surface area contributed by atoms with E-state index in [0.717, 1.165) is 0 Å². The first-order valence-corrected chi connectivity index (χ1v) is 5.97. The van der Waals surface area contributed by atoms with Crippen LogP contribution < -0.4 is 5.32 Å². The van der Waals surface area contributed by atoms with Crippen LogP contribution in [0.5, 0.6) is 0 Å². The molecule has 0 spiro atoms. The summed E-state index contributed by atoms with van der Waals surface area (Å²) in [7, 11) is 0. The zero-order valence-electron chi connectivity index (χ0n) is 7.91. The Morgan fingerprint density at radius 2 is 1.94 bits per heavy atom. The number of nitrogens with zero attached hydrogens (tertiary/aromatic N) is 3. The number of hydrogen-bond acceptors (Lipinski definition) is 3. The number of rotatable bonds is 5. The third-order valence-corrected chi connectivity index (χ3v) is 3.35. The lowest BCUT2D eigenvalue weighted by Gasteiger charge is -2.29. The third kappa shape index (κ3) is 3.38. The van der Waals surface area contributed by atoms with Crippen LogP contribution in [0.1, 0.15) is 6.17 Å². The number of halogens is 4. The fourth-order valence-corrected chi connectivity index (χ4v) is 1.56. The molecule has 16 heavy (non-hydrogen) atoms. The molecule has 1 atom stereocenters. The Morgan fingerprint density at radius 1 is 1.38 bits per heavy atom. The van der Waals surface area contributed by atoms with E-state index in [9.17, 15) is 4.79 Å². The first-order chi connectivity index (χ1) is 7.51. The Balaban J connectivity index is 2.90. The average molecular weight is 306 g/mol. The topological polar surface area (TPSA) is 59.8 Å². The maximum atomic E-state index is 11.2. The number of nitrogens with one attached hydrogen (secondary N) is 1. The van der Waals surface area contributed by atoms with Gasteiger partial charge < -0.3 is 5.32 Å². The van der Waals surface area contributed by atoms with Crippen LogP contribution in [0, 0.1) is 0 Å². The van der Waals surface area contributed by atoms with Gasteiger partial charge in [0.1, 0.15) is 24.7 Å². The third-order valence-electron chi connectivity index (χ3n) is 1.73. The molecule has 0 saturated heterocycles. The van der Waals surface area contributed by atoms with Crippen molar-refractivity contribution < 1.29 is 4.79 Å². The number of aromatic nitrogens is 3. The minimum Gasteiger partial charge on any atom is -0.332 e. The van der Waals surface area contributed by atoms with Gasteiger partial charge in [-0.2, -0.15) is 0 Å². The lowest BCUT2D eigenvalue weighted by atomic mass is 10.3. The molecule has 0 aliphatic rings. The van der Waals surface area contributed by atoms with Gasteiger partial charge in [0.05, 0.1) is 5.88 Å². The van der Waals surface area contributed by atoms with E-state index in [1.54, 1.807) is 0 Å². The highest BCUT2D eigenvalue weighted by atomic mass is 35.5. The SMILES string of the molecule is O=C(CCl)NC(n1cnnc1)C(Cl)(Cl)CCl. The van der Waals surface area contributed by atoms with Gasteiger partial charge in [-0.3, -0.25) is 9.36 Å². The molecule has 0 aliphatic heterocycles. The maximum absolute atomic E-state index is 11.2. The molecular weight excluding hydrogens is 298 g/mol. The molecule has 0 saturated carbocycles. The number of hydrogen-bond donors (Lipinski definition) is 1. The van der Waals surface area contributed by atoms with Crippen molar-refractivity contribution >= 4 is 52.3 Å². The van der Waals surface area contributed by atoms with Crippen LogP contribution in [-0.2, 0) is 4.79 Å². The molecule has 1 unspecified atom stereocenters. The van der Waals surface area contributed by atoms with E-state index in [4.69, 9.17) is 46.4 Å². The van der Waals surface area contributed by atoms with Gasteiger partial charge in [0.2, 0.25) is 5.91 Å². The molecule has 0 bridgehead atoms. The van der Waals surface area contributed by atoms with Crippen molar-refractivity contribution in [3.05, 3.63) is 12.7 Å². The summed E-state index contributed by atoms with van der Waals surface area (Å²) < 4.78 is 0.0541. The van der Waals surface area contributed by atoms with E-state index in [2.05, 4.69) is 15.5 Å². The number of amides is 1. The second-order valence-corrected chi connectivity index (χ2v) is 4.98. The first kappa shape index (κ1) is 13.8. The molecule has 0 radical (unpaired) electrons. The van der Waals surface area contributed by atoms with Crippen molar-refractivity contribution in [3.8, 4) is 0 Å². The molecule has 5 nitrogen and oxygen atoms in total. The van der Waals surface area contributed by atoms with Crippen molar-refractivity contribution in [3.63, 3.8) is 0 Å².